The van der Waals surface area contributed by atoms with Crippen LogP contribution in [-0.2, 0) is 0 Å². The molecule has 0 bridgehead atoms. The summed E-state index contributed by atoms with van der Waals surface area (Å²) in [4.78, 5) is 3.92. The molecule has 2 N–H and O–H groups in total. The van der Waals surface area contributed by atoms with Gasteiger partial charge in [0, 0.05) is 31.2 Å². The van der Waals surface area contributed by atoms with Gasteiger partial charge in [0.2, 0.25) is 11.6 Å². The number of hydrogen-bond acceptors (Lipinski definition) is 4. The van der Waals surface area contributed by atoms with Crippen molar-refractivity contribution in [3.05, 3.63) is 18.2 Å². The van der Waals surface area contributed by atoms with Crippen molar-refractivity contribution in [3.63, 3.8) is 0 Å². The maximum atomic E-state index is 13.6. The van der Waals surface area contributed by atoms with Gasteiger partial charge in [-0.15, -0.1) is 10.2 Å². The van der Waals surface area contributed by atoms with Gasteiger partial charge in [-0.05, 0) is 12.3 Å². The number of aromatic nitrogens is 4. The first-order valence-corrected chi connectivity index (χ1v) is 6.31. The topological polar surface area (TPSA) is 69.1 Å². The molecular formula is C12H15F2N5. The molecule has 102 valence electrons. The fourth-order valence-corrected chi connectivity index (χ4v) is 2.73. The molecule has 0 aromatic carbocycles. The fraction of sp³-hybridized carbons (Fsp3) is 0.583. The smallest absolute Gasteiger partial charge is 0.248 e. The first-order chi connectivity index (χ1) is 8.98. The van der Waals surface area contributed by atoms with Crippen molar-refractivity contribution < 1.29 is 8.78 Å². The van der Waals surface area contributed by atoms with Gasteiger partial charge in [-0.25, -0.2) is 13.8 Å². The van der Waals surface area contributed by atoms with Crippen molar-refractivity contribution in [1.29, 1.82) is 0 Å². The van der Waals surface area contributed by atoms with E-state index in [1.807, 2.05) is 6.92 Å². The molecule has 1 fully saturated rings. The summed E-state index contributed by atoms with van der Waals surface area (Å²) in [6.45, 7) is 1.98. The zero-order valence-corrected chi connectivity index (χ0v) is 10.6. The van der Waals surface area contributed by atoms with E-state index in [0.717, 1.165) is 0 Å². The zero-order chi connectivity index (χ0) is 13.6. The van der Waals surface area contributed by atoms with Crippen LogP contribution in [0.25, 0.3) is 5.65 Å². The molecule has 5 nitrogen and oxygen atoms in total. The van der Waals surface area contributed by atoms with E-state index in [-0.39, 0.29) is 30.5 Å². The molecule has 2 unspecified atom stereocenters. The van der Waals surface area contributed by atoms with Gasteiger partial charge in [-0.1, -0.05) is 6.92 Å². The predicted molar refractivity (Wildman–Crippen MR) is 65.9 cm³/mol. The summed E-state index contributed by atoms with van der Waals surface area (Å²) in [5.41, 5.74) is 6.13. The van der Waals surface area contributed by atoms with E-state index in [2.05, 4.69) is 15.2 Å². The van der Waals surface area contributed by atoms with E-state index in [1.165, 1.54) is 6.20 Å². The Labute approximate surface area is 108 Å². The Morgan fingerprint density at radius 3 is 3.00 bits per heavy atom. The minimum absolute atomic E-state index is 0.0505. The number of hydrogen-bond donors (Lipinski definition) is 1. The number of rotatable bonds is 1. The second-order valence-electron chi connectivity index (χ2n) is 5.25. The lowest BCUT2D eigenvalue weighted by atomic mass is 9.78. The SMILES string of the molecule is CC1CCC(F)(F)CC1c1nnc2c(N)nccn12. The Morgan fingerprint density at radius 1 is 1.42 bits per heavy atom. The minimum Gasteiger partial charge on any atom is -0.381 e. The van der Waals surface area contributed by atoms with Crippen LogP contribution in [0.4, 0.5) is 14.6 Å². The summed E-state index contributed by atoms with van der Waals surface area (Å²) >= 11 is 0. The van der Waals surface area contributed by atoms with Crippen LogP contribution < -0.4 is 5.73 Å². The van der Waals surface area contributed by atoms with Crippen molar-refractivity contribution >= 4 is 11.5 Å². The summed E-state index contributed by atoms with van der Waals surface area (Å²) < 4.78 is 28.9. The Bertz CT molecular complexity index is 609. The number of nitrogens with zero attached hydrogens (tertiary/aromatic N) is 4. The monoisotopic (exact) mass is 267 g/mol. The second kappa shape index (κ2) is 4.11. The van der Waals surface area contributed by atoms with E-state index in [9.17, 15) is 8.78 Å². The van der Waals surface area contributed by atoms with Crippen molar-refractivity contribution in [2.45, 2.75) is 38.0 Å². The quantitative estimate of drug-likeness (QED) is 0.860. The number of alkyl halides is 2. The van der Waals surface area contributed by atoms with E-state index >= 15 is 0 Å². The number of nitrogen functional groups attached to an aromatic ring is 1. The number of halogens is 2. The van der Waals surface area contributed by atoms with Crippen LogP contribution in [0.2, 0.25) is 0 Å². The molecule has 1 saturated carbocycles. The van der Waals surface area contributed by atoms with Gasteiger partial charge >= 0.3 is 0 Å². The molecule has 0 radical (unpaired) electrons. The average molecular weight is 267 g/mol. The Balaban J connectivity index is 2.06. The average Bonchev–Trinajstić information content (AvgIpc) is 2.78. The molecule has 2 aromatic heterocycles. The Morgan fingerprint density at radius 2 is 2.21 bits per heavy atom. The molecular weight excluding hydrogens is 252 g/mol. The van der Waals surface area contributed by atoms with Crippen LogP contribution >= 0.6 is 0 Å². The molecule has 19 heavy (non-hydrogen) atoms. The molecule has 2 atom stereocenters. The third kappa shape index (κ3) is 2.02. The normalized spacial score (nSPS) is 26.7. The zero-order valence-electron chi connectivity index (χ0n) is 10.6. The molecule has 0 spiro atoms. The number of fused-ring (bicyclic) bond motifs is 1. The summed E-state index contributed by atoms with van der Waals surface area (Å²) in [6.07, 6.45) is 3.46. The molecule has 2 aromatic rings. The fourth-order valence-electron chi connectivity index (χ4n) is 2.73. The maximum absolute atomic E-state index is 13.6. The van der Waals surface area contributed by atoms with Gasteiger partial charge in [0.1, 0.15) is 5.82 Å². The van der Waals surface area contributed by atoms with Crippen molar-refractivity contribution in [2.75, 3.05) is 5.73 Å². The van der Waals surface area contributed by atoms with Gasteiger partial charge in [0.15, 0.2) is 5.82 Å². The third-order valence-electron chi connectivity index (χ3n) is 3.88. The van der Waals surface area contributed by atoms with Crippen LogP contribution in [-0.4, -0.2) is 25.5 Å². The predicted octanol–water partition coefficient (Wildman–Crippen LogP) is 2.25. The van der Waals surface area contributed by atoms with E-state index < -0.39 is 5.92 Å². The highest BCUT2D eigenvalue weighted by molar-refractivity contribution is 5.58. The first-order valence-electron chi connectivity index (χ1n) is 6.31. The molecule has 0 amide bonds. The first kappa shape index (κ1) is 12.3. The molecule has 0 aliphatic heterocycles. The number of anilines is 1. The van der Waals surface area contributed by atoms with E-state index in [4.69, 9.17) is 5.73 Å². The van der Waals surface area contributed by atoms with Crippen LogP contribution in [0.5, 0.6) is 0 Å². The summed E-state index contributed by atoms with van der Waals surface area (Å²) in [5.74, 6) is -1.96. The molecule has 1 aliphatic rings. The standard InChI is InChI=1S/C12H15F2N5/c1-7-2-3-12(13,14)6-8(7)10-17-18-11-9(15)16-4-5-19(10)11/h4-5,7-8H,2-3,6H2,1H3,(H2,15,16). The molecule has 2 heterocycles. The summed E-state index contributed by atoms with van der Waals surface area (Å²) in [6, 6.07) is 0. The molecule has 3 rings (SSSR count). The van der Waals surface area contributed by atoms with Gasteiger partial charge in [-0.2, -0.15) is 0 Å². The molecule has 1 aliphatic carbocycles. The van der Waals surface area contributed by atoms with Crippen molar-refractivity contribution in [1.82, 2.24) is 19.6 Å². The van der Waals surface area contributed by atoms with Crippen molar-refractivity contribution in [3.8, 4) is 0 Å². The van der Waals surface area contributed by atoms with Crippen LogP contribution in [0, 0.1) is 5.92 Å². The number of nitrogens with two attached hydrogens (primary N) is 1. The lowest BCUT2D eigenvalue weighted by Crippen LogP contribution is -2.31. The highest BCUT2D eigenvalue weighted by Gasteiger charge is 2.42. The summed E-state index contributed by atoms with van der Waals surface area (Å²) in [5, 5.41) is 8.01. The van der Waals surface area contributed by atoms with E-state index in [0.29, 0.717) is 17.9 Å². The van der Waals surface area contributed by atoms with Gasteiger partial charge in [0.25, 0.3) is 0 Å². The van der Waals surface area contributed by atoms with E-state index in [1.54, 1.807) is 10.6 Å². The third-order valence-corrected chi connectivity index (χ3v) is 3.88. The Kier molecular flexibility index (Phi) is 2.65. The molecule has 7 heteroatoms. The largest absolute Gasteiger partial charge is 0.381 e. The highest BCUT2D eigenvalue weighted by Crippen LogP contribution is 2.44. The van der Waals surface area contributed by atoms with Crippen LogP contribution in [0.3, 0.4) is 0 Å². The second-order valence-corrected chi connectivity index (χ2v) is 5.25. The van der Waals surface area contributed by atoms with Gasteiger partial charge in [0.05, 0.1) is 0 Å². The lowest BCUT2D eigenvalue weighted by molar-refractivity contribution is -0.0537. The van der Waals surface area contributed by atoms with Gasteiger partial charge in [-0.3, -0.25) is 4.40 Å². The lowest BCUT2D eigenvalue weighted by Gasteiger charge is -2.32. The molecule has 0 saturated heterocycles. The van der Waals surface area contributed by atoms with Crippen LogP contribution in [0.15, 0.2) is 12.4 Å². The van der Waals surface area contributed by atoms with Crippen LogP contribution in [0.1, 0.15) is 37.9 Å². The summed E-state index contributed by atoms with van der Waals surface area (Å²) in [7, 11) is 0. The Hall–Kier alpha value is -1.79. The van der Waals surface area contributed by atoms with Gasteiger partial charge < -0.3 is 5.73 Å². The van der Waals surface area contributed by atoms with Crippen molar-refractivity contribution in [2.24, 2.45) is 5.92 Å². The maximum Gasteiger partial charge on any atom is 0.248 e. The minimum atomic E-state index is -2.62. The highest BCUT2D eigenvalue weighted by atomic mass is 19.3.